The van der Waals surface area contributed by atoms with Gasteiger partial charge >= 0.3 is 6.18 Å². The van der Waals surface area contributed by atoms with E-state index in [0.29, 0.717) is 34.9 Å². The van der Waals surface area contributed by atoms with Crippen molar-refractivity contribution < 1.29 is 22.8 Å². The molecule has 0 unspecified atom stereocenters. The molecular formula is C22H18BClF3N7O2. The highest BCUT2D eigenvalue weighted by atomic mass is 35.5. The minimum Gasteiger partial charge on any atom is -0.352 e. The van der Waals surface area contributed by atoms with Gasteiger partial charge in [0.1, 0.15) is 13.5 Å². The zero-order valence-electron chi connectivity index (χ0n) is 18.8. The van der Waals surface area contributed by atoms with Crippen LogP contribution in [0.1, 0.15) is 39.4 Å². The summed E-state index contributed by atoms with van der Waals surface area (Å²) >= 11 is 6.13. The minimum atomic E-state index is -4.82. The quantitative estimate of drug-likeness (QED) is 0.341. The molecular weight excluding hydrogens is 498 g/mol. The van der Waals surface area contributed by atoms with E-state index in [2.05, 4.69) is 30.9 Å². The molecule has 9 nitrogen and oxygen atoms in total. The first-order chi connectivity index (χ1) is 17.1. The lowest BCUT2D eigenvalue weighted by atomic mass is 9.89. The van der Waals surface area contributed by atoms with Gasteiger partial charge in [-0.15, -0.1) is 0 Å². The number of amides is 2. The number of pyridine rings is 1. The van der Waals surface area contributed by atoms with Gasteiger partial charge in [-0.3, -0.25) is 14.7 Å². The lowest BCUT2D eigenvalue weighted by Gasteiger charge is -2.16. The third kappa shape index (κ3) is 4.53. The maximum Gasteiger partial charge on any atom is 0.435 e. The molecule has 3 heterocycles. The number of carbonyl (C=O) groups is 2. The first-order valence-electron chi connectivity index (χ1n) is 11.0. The van der Waals surface area contributed by atoms with Crippen LogP contribution >= 0.6 is 11.6 Å². The van der Waals surface area contributed by atoms with Gasteiger partial charge in [-0.2, -0.15) is 23.4 Å². The van der Waals surface area contributed by atoms with Crippen LogP contribution in [0.15, 0.2) is 36.7 Å². The number of nitrogens with zero attached hydrogens (tertiary/aromatic N) is 4. The fourth-order valence-corrected chi connectivity index (χ4v) is 4.02. The number of carbonyl (C=O) groups excluding carboxylic acids is 2. The van der Waals surface area contributed by atoms with Crippen molar-refractivity contribution in [2.75, 3.05) is 11.9 Å². The Kier molecular flexibility index (Phi) is 5.95. The number of nitrogens with one attached hydrogen (secondary N) is 3. The lowest BCUT2D eigenvalue weighted by molar-refractivity contribution is -0.141. The van der Waals surface area contributed by atoms with Crippen molar-refractivity contribution >= 4 is 53.3 Å². The van der Waals surface area contributed by atoms with Crippen LogP contribution in [0.2, 0.25) is 5.02 Å². The molecule has 1 fully saturated rings. The average Bonchev–Trinajstić information content (AvgIpc) is 3.34. The molecule has 3 N–H and O–H groups in total. The number of H-pyrrole nitrogens is 1. The smallest absolute Gasteiger partial charge is 0.352 e. The predicted octanol–water partition coefficient (Wildman–Crippen LogP) is 2.47. The van der Waals surface area contributed by atoms with Crippen LogP contribution in [0.4, 0.5) is 18.9 Å². The molecule has 0 spiro atoms. The molecule has 2 amide bonds. The fraction of sp³-hybridized carbons (Fsp3) is 0.227. The highest BCUT2D eigenvalue weighted by Crippen LogP contribution is 2.31. The van der Waals surface area contributed by atoms with Crippen LogP contribution in [0, 0.1) is 5.92 Å². The summed E-state index contributed by atoms with van der Waals surface area (Å²) in [7, 11) is 1.67. The van der Waals surface area contributed by atoms with Crippen molar-refractivity contribution in [3.05, 3.63) is 58.6 Å². The van der Waals surface area contributed by atoms with Crippen molar-refractivity contribution in [3.8, 4) is 5.82 Å². The summed E-state index contributed by atoms with van der Waals surface area (Å²) in [5.74, 6) is -1.11. The second-order valence-corrected chi connectivity index (χ2v) is 8.93. The molecule has 1 aliphatic carbocycles. The third-order valence-corrected chi connectivity index (χ3v) is 6.12. The Labute approximate surface area is 207 Å². The molecule has 3 aromatic heterocycles. The number of hydrogen-bond donors (Lipinski definition) is 3. The Balaban J connectivity index is 1.58. The van der Waals surface area contributed by atoms with Gasteiger partial charge in [0, 0.05) is 29.9 Å². The molecule has 0 bridgehead atoms. The molecule has 1 aromatic carbocycles. The SMILES string of the molecule is Bc1cc2cn[nH]c2c(C(=O)NCC2CC2)c1NC(=O)c1cc(C(F)(F)F)nn1-c1ncccc1Cl. The largest absolute Gasteiger partial charge is 0.435 e. The molecule has 0 aliphatic heterocycles. The number of rotatable bonds is 6. The molecule has 14 heteroatoms. The molecule has 36 heavy (non-hydrogen) atoms. The second-order valence-electron chi connectivity index (χ2n) is 8.52. The number of aromatic amines is 1. The molecule has 0 saturated heterocycles. The van der Waals surface area contributed by atoms with E-state index < -0.39 is 29.4 Å². The van der Waals surface area contributed by atoms with Gasteiger partial charge in [0.25, 0.3) is 11.8 Å². The second kappa shape index (κ2) is 8.97. The Morgan fingerprint density at radius 2 is 2.03 bits per heavy atom. The van der Waals surface area contributed by atoms with E-state index >= 15 is 0 Å². The number of benzene rings is 1. The highest BCUT2D eigenvalue weighted by molar-refractivity contribution is 6.39. The maximum absolute atomic E-state index is 13.5. The van der Waals surface area contributed by atoms with Gasteiger partial charge < -0.3 is 10.6 Å². The van der Waals surface area contributed by atoms with Gasteiger partial charge in [0.15, 0.2) is 11.5 Å². The Morgan fingerprint density at radius 1 is 1.25 bits per heavy atom. The zero-order chi connectivity index (χ0) is 25.6. The van der Waals surface area contributed by atoms with Crippen LogP contribution < -0.4 is 16.1 Å². The van der Waals surface area contributed by atoms with E-state index in [-0.39, 0.29) is 22.1 Å². The van der Waals surface area contributed by atoms with Gasteiger partial charge in [-0.25, -0.2) is 9.67 Å². The summed E-state index contributed by atoms with van der Waals surface area (Å²) in [6.45, 7) is 0.482. The van der Waals surface area contributed by atoms with E-state index in [9.17, 15) is 22.8 Å². The number of anilines is 1. The minimum absolute atomic E-state index is 0.00132. The van der Waals surface area contributed by atoms with Crippen LogP contribution in [0.3, 0.4) is 0 Å². The Hall–Kier alpha value is -3.87. The molecule has 0 atom stereocenters. The Morgan fingerprint density at radius 3 is 2.72 bits per heavy atom. The van der Waals surface area contributed by atoms with Crippen molar-refractivity contribution in [2.24, 2.45) is 5.92 Å². The highest BCUT2D eigenvalue weighted by Gasteiger charge is 2.37. The molecule has 4 aromatic rings. The van der Waals surface area contributed by atoms with E-state index in [4.69, 9.17) is 11.6 Å². The average molecular weight is 516 g/mol. The number of alkyl halides is 3. The normalized spacial score (nSPS) is 13.7. The van der Waals surface area contributed by atoms with Gasteiger partial charge in [-0.1, -0.05) is 23.1 Å². The van der Waals surface area contributed by atoms with Crippen LogP contribution in [-0.2, 0) is 6.18 Å². The summed E-state index contributed by atoms with van der Waals surface area (Å²) in [5.41, 5.74) is -0.574. The molecule has 184 valence electrons. The monoisotopic (exact) mass is 515 g/mol. The van der Waals surface area contributed by atoms with Crippen molar-refractivity contribution in [1.29, 1.82) is 0 Å². The summed E-state index contributed by atoms with van der Waals surface area (Å²) in [4.78, 5) is 30.5. The maximum atomic E-state index is 13.5. The van der Waals surface area contributed by atoms with Crippen molar-refractivity contribution in [2.45, 2.75) is 19.0 Å². The number of aromatic nitrogens is 5. The van der Waals surface area contributed by atoms with Crippen molar-refractivity contribution in [1.82, 2.24) is 30.3 Å². The van der Waals surface area contributed by atoms with E-state index in [0.717, 1.165) is 17.5 Å². The molecule has 0 radical (unpaired) electrons. The standard InChI is InChI=1S/C22H18BClF3N7O2/c23-12-6-11-9-30-32-17(11)16(21(36)29-8-10-3-4-10)18(12)31-20(35)14-7-15(22(25,26)27)33-34(14)19-13(24)2-1-5-28-19/h1-2,5-7,9-10H,3-4,8,23H2,(H,29,36)(H,30,32)(H,31,35). The fourth-order valence-electron chi connectivity index (χ4n) is 3.82. The molecule has 1 saturated carbocycles. The first-order valence-corrected chi connectivity index (χ1v) is 11.4. The van der Waals surface area contributed by atoms with E-state index in [1.165, 1.54) is 18.3 Å². The lowest BCUT2D eigenvalue weighted by Crippen LogP contribution is -2.30. The Bertz CT molecular complexity index is 1500. The van der Waals surface area contributed by atoms with E-state index in [1.54, 1.807) is 20.1 Å². The van der Waals surface area contributed by atoms with Crippen LogP contribution in [0.5, 0.6) is 0 Å². The summed E-state index contributed by atoms with van der Waals surface area (Å²) in [6, 6.07) is 5.23. The summed E-state index contributed by atoms with van der Waals surface area (Å²) < 4.78 is 41.2. The first kappa shape index (κ1) is 23.9. The zero-order valence-corrected chi connectivity index (χ0v) is 19.5. The molecule has 5 rings (SSSR count). The van der Waals surface area contributed by atoms with Gasteiger partial charge in [-0.05, 0) is 30.9 Å². The number of hydrogen-bond acceptors (Lipinski definition) is 5. The summed E-state index contributed by atoms with van der Waals surface area (Å²) in [5, 5.41) is 16.4. The van der Waals surface area contributed by atoms with Crippen LogP contribution in [0.25, 0.3) is 16.7 Å². The van der Waals surface area contributed by atoms with Crippen molar-refractivity contribution in [3.63, 3.8) is 0 Å². The number of halogens is 4. The number of fused-ring (bicyclic) bond motifs is 1. The summed E-state index contributed by atoms with van der Waals surface area (Å²) in [6.07, 6.45) is 0.0908. The van der Waals surface area contributed by atoms with E-state index in [1.807, 2.05) is 0 Å². The predicted molar refractivity (Wildman–Crippen MR) is 129 cm³/mol. The van der Waals surface area contributed by atoms with Crippen LogP contribution in [-0.4, -0.2) is 51.2 Å². The third-order valence-electron chi connectivity index (χ3n) is 5.82. The van der Waals surface area contributed by atoms with Gasteiger partial charge in [0.2, 0.25) is 0 Å². The topological polar surface area (TPSA) is 118 Å². The van der Waals surface area contributed by atoms with Gasteiger partial charge in [0.05, 0.1) is 22.3 Å². The molecule has 1 aliphatic rings.